The molecule has 0 aromatic heterocycles. The van der Waals surface area contributed by atoms with Gasteiger partial charge in [-0.3, -0.25) is 4.79 Å². The van der Waals surface area contributed by atoms with Gasteiger partial charge in [-0.15, -0.1) is 0 Å². The fourth-order valence-corrected chi connectivity index (χ4v) is 1.99. The van der Waals surface area contributed by atoms with Gasteiger partial charge in [-0.25, -0.2) is 0 Å². The van der Waals surface area contributed by atoms with Crippen molar-refractivity contribution in [2.75, 3.05) is 0 Å². The molecule has 1 aliphatic heterocycles. The highest BCUT2D eigenvalue weighted by atomic mass is 16.6. The fourth-order valence-electron chi connectivity index (χ4n) is 1.99. The number of esters is 1. The number of hydrogen-bond acceptors (Lipinski definition) is 2. The zero-order chi connectivity index (χ0) is 8.70. The first-order chi connectivity index (χ1) is 4.81. The molecular formula is C9H16O2. The van der Waals surface area contributed by atoms with Crippen LogP contribution in [0.4, 0.5) is 0 Å². The molecule has 0 bridgehead atoms. The van der Waals surface area contributed by atoms with E-state index in [1.807, 2.05) is 13.8 Å². The summed E-state index contributed by atoms with van der Waals surface area (Å²) in [5.41, 5.74) is -0.155. The molecule has 1 heterocycles. The van der Waals surface area contributed by atoms with Crippen molar-refractivity contribution in [3.63, 3.8) is 0 Å². The Hall–Kier alpha value is -0.530. The van der Waals surface area contributed by atoms with Crippen LogP contribution in [0.3, 0.4) is 0 Å². The van der Waals surface area contributed by atoms with Crippen molar-refractivity contribution in [1.82, 2.24) is 0 Å². The zero-order valence-electron chi connectivity index (χ0n) is 7.73. The third-order valence-corrected chi connectivity index (χ3v) is 1.92. The van der Waals surface area contributed by atoms with E-state index < -0.39 is 0 Å². The van der Waals surface area contributed by atoms with Crippen LogP contribution in [0, 0.1) is 5.41 Å². The SMILES string of the molecule is CC1(C)CC(=O)OC(C)(C)C1. The second-order valence-electron chi connectivity index (χ2n) is 4.75. The maximum absolute atomic E-state index is 11.1. The van der Waals surface area contributed by atoms with E-state index in [9.17, 15) is 4.79 Å². The van der Waals surface area contributed by atoms with Gasteiger partial charge in [0.2, 0.25) is 0 Å². The van der Waals surface area contributed by atoms with Gasteiger partial charge in [0.1, 0.15) is 5.60 Å². The minimum absolute atomic E-state index is 0.0637. The van der Waals surface area contributed by atoms with Gasteiger partial charge in [-0.1, -0.05) is 13.8 Å². The van der Waals surface area contributed by atoms with E-state index in [1.54, 1.807) is 0 Å². The topological polar surface area (TPSA) is 26.3 Å². The van der Waals surface area contributed by atoms with E-state index >= 15 is 0 Å². The van der Waals surface area contributed by atoms with Crippen molar-refractivity contribution in [2.45, 2.75) is 46.1 Å². The summed E-state index contributed by atoms with van der Waals surface area (Å²) in [7, 11) is 0. The predicted octanol–water partition coefficient (Wildman–Crippen LogP) is 2.13. The van der Waals surface area contributed by atoms with Crippen molar-refractivity contribution in [2.24, 2.45) is 5.41 Å². The van der Waals surface area contributed by atoms with Crippen molar-refractivity contribution < 1.29 is 9.53 Å². The van der Waals surface area contributed by atoms with E-state index in [0.29, 0.717) is 6.42 Å². The first kappa shape index (κ1) is 8.57. The smallest absolute Gasteiger partial charge is 0.306 e. The summed E-state index contributed by atoms with van der Waals surface area (Å²) >= 11 is 0. The second kappa shape index (κ2) is 2.23. The van der Waals surface area contributed by atoms with E-state index in [-0.39, 0.29) is 17.0 Å². The van der Waals surface area contributed by atoms with Gasteiger partial charge < -0.3 is 4.74 Å². The van der Waals surface area contributed by atoms with Gasteiger partial charge in [0.25, 0.3) is 0 Å². The Balaban J connectivity index is 2.74. The summed E-state index contributed by atoms with van der Waals surface area (Å²) in [4.78, 5) is 11.1. The number of carbonyl (C=O) groups is 1. The Morgan fingerprint density at radius 3 is 2.18 bits per heavy atom. The maximum atomic E-state index is 11.1. The molecule has 1 fully saturated rings. The Morgan fingerprint density at radius 1 is 1.27 bits per heavy atom. The first-order valence-electron chi connectivity index (χ1n) is 4.03. The van der Waals surface area contributed by atoms with Crippen molar-refractivity contribution in [1.29, 1.82) is 0 Å². The number of cyclic esters (lactones) is 1. The summed E-state index contributed by atoms with van der Waals surface area (Å²) < 4.78 is 5.17. The monoisotopic (exact) mass is 156 g/mol. The van der Waals surface area contributed by atoms with Gasteiger partial charge in [-0.2, -0.15) is 0 Å². The molecule has 0 N–H and O–H groups in total. The summed E-state index contributed by atoms with van der Waals surface area (Å²) in [6.45, 7) is 8.14. The van der Waals surface area contributed by atoms with Crippen LogP contribution >= 0.6 is 0 Å². The van der Waals surface area contributed by atoms with Crippen molar-refractivity contribution >= 4 is 5.97 Å². The summed E-state index contributed by atoms with van der Waals surface area (Å²) in [5.74, 6) is -0.0637. The Kier molecular flexibility index (Phi) is 1.73. The van der Waals surface area contributed by atoms with Crippen LogP contribution in [0.1, 0.15) is 40.5 Å². The Morgan fingerprint density at radius 2 is 1.82 bits per heavy atom. The largest absolute Gasteiger partial charge is 0.460 e. The number of ether oxygens (including phenoxy) is 1. The molecule has 2 heteroatoms. The Bertz CT molecular complexity index is 162. The van der Waals surface area contributed by atoms with Crippen LogP contribution in [0.15, 0.2) is 0 Å². The molecule has 0 atom stereocenters. The highest BCUT2D eigenvalue weighted by Crippen LogP contribution is 2.38. The molecule has 0 spiro atoms. The molecular weight excluding hydrogens is 140 g/mol. The molecule has 1 rings (SSSR count). The molecule has 1 aliphatic rings. The molecule has 0 saturated carbocycles. The van der Waals surface area contributed by atoms with E-state index in [0.717, 1.165) is 6.42 Å². The summed E-state index contributed by atoms with van der Waals surface area (Å²) in [5, 5.41) is 0. The highest BCUT2D eigenvalue weighted by molar-refractivity contribution is 5.71. The lowest BCUT2D eigenvalue weighted by atomic mass is 9.77. The minimum Gasteiger partial charge on any atom is -0.460 e. The lowest BCUT2D eigenvalue weighted by Crippen LogP contribution is -2.40. The van der Waals surface area contributed by atoms with E-state index in [2.05, 4.69) is 13.8 Å². The molecule has 0 amide bonds. The normalized spacial score (nSPS) is 27.8. The molecule has 11 heavy (non-hydrogen) atoms. The standard InChI is InChI=1S/C9H16O2/c1-8(2)5-7(10)11-9(3,4)6-8/h5-6H2,1-4H3. The van der Waals surface area contributed by atoms with Crippen molar-refractivity contribution in [3.8, 4) is 0 Å². The molecule has 0 aromatic rings. The summed E-state index contributed by atoms with van der Waals surface area (Å²) in [6, 6.07) is 0. The molecule has 1 saturated heterocycles. The zero-order valence-corrected chi connectivity index (χ0v) is 7.73. The average Bonchev–Trinajstić information content (AvgIpc) is 1.49. The van der Waals surface area contributed by atoms with Crippen LogP contribution in [0.2, 0.25) is 0 Å². The third kappa shape index (κ3) is 2.21. The second-order valence-corrected chi connectivity index (χ2v) is 4.75. The fraction of sp³-hybridized carbons (Fsp3) is 0.889. The third-order valence-electron chi connectivity index (χ3n) is 1.92. The average molecular weight is 156 g/mol. The molecule has 0 aromatic carbocycles. The lowest BCUT2D eigenvalue weighted by Gasteiger charge is -2.39. The number of hydrogen-bond donors (Lipinski definition) is 0. The first-order valence-corrected chi connectivity index (χ1v) is 4.03. The van der Waals surface area contributed by atoms with Gasteiger partial charge >= 0.3 is 5.97 Å². The maximum Gasteiger partial charge on any atom is 0.306 e. The van der Waals surface area contributed by atoms with Crippen LogP contribution in [-0.2, 0) is 9.53 Å². The van der Waals surface area contributed by atoms with Crippen LogP contribution in [0.25, 0.3) is 0 Å². The van der Waals surface area contributed by atoms with E-state index in [4.69, 9.17) is 4.74 Å². The highest BCUT2D eigenvalue weighted by Gasteiger charge is 2.38. The van der Waals surface area contributed by atoms with Crippen molar-refractivity contribution in [3.05, 3.63) is 0 Å². The molecule has 0 unspecified atom stereocenters. The molecule has 64 valence electrons. The van der Waals surface area contributed by atoms with Crippen LogP contribution < -0.4 is 0 Å². The minimum atomic E-state index is -0.265. The van der Waals surface area contributed by atoms with Gasteiger partial charge in [0, 0.05) is 0 Å². The molecule has 0 radical (unpaired) electrons. The Labute approximate surface area is 67.9 Å². The van der Waals surface area contributed by atoms with Gasteiger partial charge in [0.15, 0.2) is 0 Å². The quantitative estimate of drug-likeness (QED) is 0.502. The number of rotatable bonds is 0. The van der Waals surface area contributed by atoms with Crippen LogP contribution in [0.5, 0.6) is 0 Å². The molecule has 2 nitrogen and oxygen atoms in total. The van der Waals surface area contributed by atoms with Gasteiger partial charge in [0.05, 0.1) is 6.42 Å². The van der Waals surface area contributed by atoms with E-state index in [1.165, 1.54) is 0 Å². The van der Waals surface area contributed by atoms with Gasteiger partial charge in [-0.05, 0) is 25.7 Å². The molecule has 0 aliphatic carbocycles. The number of carbonyl (C=O) groups excluding carboxylic acids is 1. The predicted molar refractivity (Wildman–Crippen MR) is 43.2 cm³/mol. The summed E-state index contributed by atoms with van der Waals surface area (Å²) in [6.07, 6.45) is 1.50. The lowest BCUT2D eigenvalue weighted by molar-refractivity contribution is -0.171. The van der Waals surface area contributed by atoms with Crippen LogP contribution in [-0.4, -0.2) is 11.6 Å².